The van der Waals surface area contributed by atoms with Gasteiger partial charge in [-0.2, -0.15) is 5.10 Å². The van der Waals surface area contributed by atoms with E-state index < -0.39 is 0 Å². The first-order valence-electron chi connectivity index (χ1n) is 6.83. The van der Waals surface area contributed by atoms with Crippen LogP contribution in [-0.2, 0) is 11.8 Å². The highest BCUT2D eigenvalue weighted by Gasteiger charge is 2.32. The summed E-state index contributed by atoms with van der Waals surface area (Å²) in [7, 11) is 1.92. The molecule has 4 rings (SSSR count). The standard InChI is InChI=1S/C13H15N7O/c1-19-10(2-4-16-19)11-9(3-7-21-11)17-12-13-18-15-8-20(13)6-5-14-12/h2,4-6,8-9,11H,3,7H2,1H3,(H,14,17)/t9-,11-/m0/s1. The van der Waals surface area contributed by atoms with Gasteiger partial charge in [-0.25, -0.2) is 4.98 Å². The minimum absolute atomic E-state index is 0.0394. The summed E-state index contributed by atoms with van der Waals surface area (Å²) in [5.41, 5.74) is 1.77. The third kappa shape index (κ3) is 2.04. The highest BCUT2D eigenvalue weighted by Crippen LogP contribution is 2.31. The van der Waals surface area contributed by atoms with Gasteiger partial charge in [-0.3, -0.25) is 9.08 Å². The van der Waals surface area contributed by atoms with Gasteiger partial charge in [0.15, 0.2) is 5.82 Å². The van der Waals surface area contributed by atoms with Crippen LogP contribution in [0.2, 0.25) is 0 Å². The van der Waals surface area contributed by atoms with E-state index in [-0.39, 0.29) is 12.1 Å². The number of nitrogens with one attached hydrogen (secondary N) is 1. The molecular formula is C13H15N7O. The number of anilines is 1. The van der Waals surface area contributed by atoms with E-state index in [1.54, 1.807) is 18.7 Å². The van der Waals surface area contributed by atoms with Crippen LogP contribution in [0.15, 0.2) is 31.0 Å². The fourth-order valence-corrected chi connectivity index (χ4v) is 2.73. The molecular weight excluding hydrogens is 270 g/mol. The second-order valence-electron chi connectivity index (χ2n) is 5.05. The zero-order valence-electron chi connectivity index (χ0n) is 11.5. The lowest BCUT2D eigenvalue weighted by molar-refractivity contribution is 0.101. The lowest BCUT2D eigenvalue weighted by atomic mass is 10.1. The van der Waals surface area contributed by atoms with E-state index in [4.69, 9.17) is 4.74 Å². The Balaban J connectivity index is 1.64. The maximum absolute atomic E-state index is 5.86. The minimum Gasteiger partial charge on any atom is -0.370 e. The number of rotatable bonds is 3. The average molecular weight is 285 g/mol. The molecule has 0 radical (unpaired) electrons. The fraction of sp³-hybridized carbons (Fsp3) is 0.385. The SMILES string of the molecule is Cn1nccc1[C@H]1OCC[C@@H]1Nc1nccn2cnnc12. The molecule has 3 aromatic heterocycles. The molecule has 0 unspecified atom stereocenters. The van der Waals surface area contributed by atoms with Gasteiger partial charge < -0.3 is 10.1 Å². The van der Waals surface area contributed by atoms with Crippen molar-refractivity contribution in [3.8, 4) is 0 Å². The second-order valence-corrected chi connectivity index (χ2v) is 5.05. The molecule has 1 fully saturated rings. The molecule has 2 atom stereocenters. The van der Waals surface area contributed by atoms with Gasteiger partial charge in [0.2, 0.25) is 5.65 Å². The van der Waals surface area contributed by atoms with E-state index in [1.165, 1.54) is 0 Å². The van der Waals surface area contributed by atoms with Crippen molar-refractivity contribution in [1.29, 1.82) is 0 Å². The first-order chi connectivity index (χ1) is 10.3. The quantitative estimate of drug-likeness (QED) is 0.766. The predicted octanol–water partition coefficient (Wildman–Crippen LogP) is 0.800. The van der Waals surface area contributed by atoms with Crippen LogP contribution in [0.3, 0.4) is 0 Å². The fourth-order valence-electron chi connectivity index (χ4n) is 2.73. The first kappa shape index (κ1) is 12.3. The summed E-state index contributed by atoms with van der Waals surface area (Å²) >= 11 is 0. The van der Waals surface area contributed by atoms with Gasteiger partial charge in [0.25, 0.3) is 0 Å². The van der Waals surface area contributed by atoms with Crippen molar-refractivity contribution in [3.63, 3.8) is 0 Å². The van der Waals surface area contributed by atoms with Crippen LogP contribution >= 0.6 is 0 Å². The van der Waals surface area contributed by atoms with Crippen molar-refractivity contribution in [1.82, 2.24) is 29.4 Å². The van der Waals surface area contributed by atoms with E-state index in [2.05, 4.69) is 25.6 Å². The zero-order valence-corrected chi connectivity index (χ0v) is 11.5. The number of nitrogens with zero attached hydrogens (tertiary/aromatic N) is 6. The predicted molar refractivity (Wildman–Crippen MR) is 74.7 cm³/mol. The van der Waals surface area contributed by atoms with Crippen LogP contribution in [0.5, 0.6) is 0 Å². The van der Waals surface area contributed by atoms with Crippen molar-refractivity contribution < 1.29 is 4.74 Å². The lowest BCUT2D eigenvalue weighted by Crippen LogP contribution is -2.25. The topological polar surface area (TPSA) is 82.2 Å². The van der Waals surface area contributed by atoms with Crippen molar-refractivity contribution in [2.75, 3.05) is 11.9 Å². The molecule has 8 nitrogen and oxygen atoms in total. The smallest absolute Gasteiger partial charge is 0.203 e. The highest BCUT2D eigenvalue weighted by molar-refractivity contribution is 5.62. The summed E-state index contributed by atoms with van der Waals surface area (Å²) < 4.78 is 9.54. The summed E-state index contributed by atoms with van der Waals surface area (Å²) in [6, 6.07) is 2.12. The molecule has 1 N–H and O–H groups in total. The number of aromatic nitrogens is 6. The van der Waals surface area contributed by atoms with Gasteiger partial charge in [0, 0.05) is 32.2 Å². The molecule has 1 aliphatic rings. The van der Waals surface area contributed by atoms with Crippen LogP contribution in [0.1, 0.15) is 18.2 Å². The molecule has 0 amide bonds. The molecule has 0 spiro atoms. The number of aryl methyl sites for hydroxylation is 1. The Labute approximate surface area is 120 Å². The molecule has 1 aliphatic heterocycles. The Bertz CT molecular complexity index is 765. The lowest BCUT2D eigenvalue weighted by Gasteiger charge is -2.20. The molecule has 4 heterocycles. The van der Waals surface area contributed by atoms with E-state index >= 15 is 0 Å². The van der Waals surface area contributed by atoms with E-state index in [0.29, 0.717) is 12.3 Å². The molecule has 0 bridgehead atoms. The zero-order chi connectivity index (χ0) is 14.2. The molecule has 21 heavy (non-hydrogen) atoms. The highest BCUT2D eigenvalue weighted by atomic mass is 16.5. The maximum atomic E-state index is 5.86. The summed E-state index contributed by atoms with van der Waals surface area (Å²) in [4.78, 5) is 4.37. The summed E-state index contributed by atoms with van der Waals surface area (Å²) in [6.07, 6.45) is 7.87. The Morgan fingerprint density at radius 1 is 1.38 bits per heavy atom. The Morgan fingerprint density at radius 2 is 2.33 bits per heavy atom. The molecule has 108 valence electrons. The first-order valence-corrected chi connectivity index (χ1v) is 6.83. The molecule has 1 saturated heterocycles. The van der Waals surface area contributed by atoms with Gasteiger partial charge in [-0.15, -0.1) is 10.2 Å². The van der Waals surface area contributed by atoms with Crippen molar-refractivity contribution >= 4 is 11.5 Å². The third-order valence-electron chi connectivity index (χ3n) is 3.78. The van der Waals surface area contributed by atoms with Crippen LogP contribution < -0.4 is 5.32 Å². The van der Waals surface area contributed by atoms with Gasteiger partial charge in [0.05, 0.1) is 11.7 Å². The Hall–Kier alpha value is -2.48. The summed E-state index contributed by atoms with van der Waals surface area (Å²) in [5.74, 6) is 0.720. The summed E-state index contributed by atoms with van der Waals surface area (Å²) in [6.45, 7) is 0.712. The van der Waals surface area contributed by atoms with Gasteiger partial charge >= 0.3 is 0 Å². The van der Waals surface area contributed by atoms with Crippen molar-refractivity contribution in [2.24, 2.45) is 7.05 Å². The maximum Gasteiger partial charge on any atom is 0.203 e. The van der Waals surface area contributed by atoms with Crippen LogP contribution in [0.4, 0.5) is 5.82 Å². The molecule has 8 heteroatoms. The van der Waals surface area contributed by atoms with E-state index in [9.17, 15) is 0 Å². The summed E-state index contributed by atoms with van der Waals surface area (Å²) in [5, 5.41) is 15.6. The second kappa shape index (κ2) is 4.81. The van der Waals surface area contributed by atoms with Gasteiger partial charge in [-0.05, 0) is 12.5 Å². The number of hydrogen-bond donors (Lipinski definition) is 1. The van der Waals surface area contributed by atoms with Gasteiger partial charge in [-0.1, -0.05) is 0 Å². The van der Waals surface area contributed by atoms with Gasteiger partial charge in [0.1, 0.15) is 12.4 Å². The van der Waals surface area contributed by atoms with E-state index in [0.717, 1.165) is 17.9 Å². The van der Waals surface area contributed by atoms with Crippen molar-refractivity contribution in [3.05, 3.63) is 36.7 Å². The molecule has 0 aromatic carbocycles. The third-order valence-corrected chi connectivity index (χ3v) is 3.78. The van der Waals surface area contributed by atoms with E-state index in [1.807, 2.05) is 28.4 Å². The monoisotopic (exact) mass is 285 g/mol. The van der Waals surface area contributed by atoms with Crippen molar-refractivity contribution in [2.45, 2.75) is 18.6 Å². The van der Waals surface area contributed by atoms with Crippen LogP contribution in [0.25, 0.3) is 5.65 Å². The molecule has 0 aliphatic carbocycles. The normalized spacial score (nSPS) is 22.0. The van der Waals surface area contributed by atoms with Crippen LogP contribution in [0, 0.1) is 0 Å². The largest absolute Gasteiger partial charge is 0.370 e. The minimum atomic E-state index is -0.0394. The number of hydrogen-bond acceptors (Lipinski definition) is 6. The van der Waals surface area contributed by atoms with Crippen LogP contribution in [-0.4, -0.2) is 42.0 Å². The molecule has 0 saturated carbocycles. The average Bonchev–Trinajstić information content (AvgIpc) is 3.19. The Kier molecular flexibility index (Phi) is 2.81. The number of fused-ring (bicyclic) bond motifs is 1. The Morgan fingerprint density at radius 3 is 3.19 bits per heavy atom. The number of ether oxygens (including phenoxy) is 1. The molecule has 3 aromatic rings.